The van der Waals surface area contributed by atoms with Crippen LogP contribution in [0.1, 0.15) is 19.3 Å². The third-order valence-electron chi connectivity index (χ3n) is 3.18. The van der Waals surface area contributed by atoms with Gasteiger partial charge in [-0.1, -0.05) is 0 Å². The molecular formula is C9H16O3. The van der Waals surface area contributed by atoms with E-state index in [0.717, 1.165) is 19.3 Å². The minimum Gasteiger partial charge on any atom is -0.396 e. The van der Waals surface area contributed by atoms with Gasteiger partial charge in [-0.3, -0.25) is 0 Å². The summed E-state index contributed by atoms with van der Waals surface area (Å²) in [6, 6.07) is 0. The van der Waals surface area contributed by atoms with Crippen LogP contribution < -0.4 is 0 Å². The molecule has 3 rings (SSSR count). The lowest BCUT2D eigenvalue weighted by molar-refractivity contribution is -0.122. The van der Waals surface area contributed by atoms with Crippen LogP contribution in [0.4, 0.5) is 0 Å². The summed E-state index contributed by atoms with van der Waals surface area (Å²) in [4.78, 5) is 0. The lowest BCUT2D eigenvalue weighted by Crippen LogP contribution is -2.35. The van der Waals surface area contributed by atoms with Crippen molar-refractivity contribution in [2.24, 2.45) is 11.8 Å². The number of fused-ring (bicyclic) bond motifs is 3. The number of rotatable bonds is 2. The zero-order valence-corrected chi connectivity index (χ0v) is 7.15. The molecule has 0 aromatic carbocycles. The first-order valence-corrected chi connectivity index (χ1v) is 4.70. The van der Waals surface area contributed by atoms with Gasteiger partial charge < -0.3 is 14.9 Å². The number of aliphatic hydroxyl groups is 2. The third kappa shape index (κ3) is 1.37. The summed E-state index contributed by atoms with van der Waals surface area (Å²) in [7, 11) is 0. The van der Waals surface area contributed by atoms with Crippen LogP contribution >= 0.6 is 0 Å². The molecule has 1 saturated carbocycles. The Morgan fingerprint density at radius 3 is 1.67 bits per heavy atom. The van der Waals surface area contributed by atoms with E-state index in [0.29, 0.717) is 12.2 Å². The lowest BCUT2D eigenvalue weighted by atomic mass is 9.89. The molecule has 2 saturated heterocycles. The maximum atomic E-state index is 9.09. The maximum Gasteiger partial charge on any atom is 0.0607 e. The van der Waals surface area contributed by atoms with Crippen molar-refractivity contribution in [3.05, 3.63) is 0 Å². The predicted molar refractivity (Wildman–Crippen MR) is 43.7 cm³/mol. The number of hydrogen-bond acceptors (Lipinski definition) is 3. The highest BCUT2D eigenvalue weighted by Gasteiger charge is 2.40. The quantitative estimate of drug-likeness (QED) is 0.623. The molecule has 3 aliphatic rings. The largest absolute Gasteiger partial charge is 0.396 e. The molecule has 3 fully saturated rings. The van der Waals surface area contributed by atoms with Crippen LogP contribution in [0.5, 0.6) is 0 Å². The van der Waals surface area contributed by atoms with Crippen LogP contribution in [0.15, 0.2) is 0 Å². The van der Waals surface area contributed by atoms with Crippen molar-refractivity contribution in [3.63, 3.8) is 0 Å². The van der Waals surface area contributed by atoms with Gasteiger partial charge >= 0.3 is 0 Å². The van der Waals surface area contributed by atoms with E-state index in [-0.39, 0.29) is 25.0 Å². The Hall–Kier alpha value is -0.120. The van der Waals surface area contributed by atoms with Crippen molar-refractivity contribution in [2.75, 3.05) is 13.2 Å². The average Bonchev–Trinajstić information content (AvgIpc) is 2.29. The second kappa shape index (κ2) is 3.32. The van der Waals surface area contributed by atoms with E-state index in [9.17, 15) is 0 Å². The van der Waals surface area contributed by atoms with Gasteiger partial charge in [-0.15, -0.1) is 0 Å². The van der Waals surface area contributed by atoms with Gasteiger partial charge in [0.25, 0.3) is 0 Å². The molecule has 0 aromatic heterocycles. The Kier molecular flexibility index (Phi) is 2.35. The van der Waals surface area contributed by atoms with Crippen LogP contribution in [-0.4, -0.2) is 35.6 Å². The van der Waals surface area contributed by atoms with Gasteiger partial charge in [0, 0.05) is 13.2 Å². The maximum absolute atomic E-state index is 9.09. The van der Waals surface area contributed by atoms with Crippen molar-refractivity contribution < 1.29 is 14.9 Å². The smallest absolute Gasteiger partial charge is 0.0607 e. The minimum absolute atomic E-state index is 0.192. The summed E-state index contributed by atoms with van der Waals surface area (Å²) < 4.78 is 5.54. The van der Waals surface area contributed by atoms with Crippen molar-refractivity contribution in [3.8, 4) is 0 Å². The molecule has 0 spiro atoms. The Morgan fingerprint density at radius 1 is 0.917 bits per heavy atom. The summed E-state index contributed by atoms with van der Waals surface area (Å²) in [5.74, 6) is 0.514. The summed E-state index contributed by atoms with van der Waals surface area (Å²) in [5.41, 5.74) is 0. The highest BCUT2D eigenvalue weighted by Crippen LogP contribution is 2.38. The van der Waals surface area contributed by atoms with Gasteiger partial charge in [0.15, 0.2) is 0 Å². The Labute approximate surface area is 72.3 Å². The molecule has 12 heavy (non-hydrogen) atoms. The highest BCUT2D eigenvalue weighted by molar-refractivity contribution is 4.89. The fraction of sp³-hybridized carbons (Fsp3) is 1.00. The van der Waals surface area contributed by atoms with Crippen LogP contribution in [0, 0.1) is 11.8 Å². The van der Waals surface area contributed by atoms with Gasteiger partial charge in [0.1, 0.15) is 0 Å². The molecule has 4 unspecified atom stereocenters. The lowest BCUT2D eigenvalue weighted by Gasteiger charge is -2.33. The van der Waals surface area contributed by atoms with Gasteiger partial charge in [-0.2, -0.15) is 0 Å². The standard InChI is InChI=1S/C9H16O3/c10-4-6-1-8-3-9(12-8)2-7(6)5-11/h6-11H,1-5H2. The number of aliphatic hydroxyl groups excluding tert-OH is 2. The van der Waals surface area contributed by atoms with E-state index >= 15 is 0 Å². The van der Waals surface area contributed by atoms with Gasteiger partial charge in [0.05, 0.1) is 12.2 Å². The molecule has 0 amide bonds. The minimum atomic E-state index is 0.192. The first-order chi connectivity index (χ1) is 5.83. The predicted octanol–water partition coefficient (Wildman–Crippen LogP) is 0.155. The molecule has 0 radical (unpaired) electrons. The van der Waals surface area contributed by atoms with Crippen molar-refractivity contribution >= 4 is 0 Å². The number of hydrogen-bond donors (Lipinski definition) is 2. The van der Waals surface area contributed by atoms with E-state index < -0.39 is 0 Å². The molecule has 70 valence electrons. The average molecular weight is 172 g/mol. The van der Waals surface area contributed by atoms with Crippen molar-refractivity contribution in [1.82, 2.24) is 0 Å². The topological polar surface area (TPSA) is 49.7 Å². The Balaban J connectivity index is 2.00. The fourth-order valence-electron chi connectivity index (χ4n) is 2.37. The van der Waals surface area contributed by atoms with Gasteiger partial charge in [-0.25, -0.2) is 0 Å². The second-order valence-corrected chi connectivity index (χ2v) is 3.97. The van der Waals surface area contributed by atoms with Crippen LogP contribution in [-0.2, 0) is 4.74 Å². The summed E-state index contributed by atoms with van der Waals surface area (Å²) in [6.45, 7) is 0.385. The molecule has 2 aliphatic heterocycles. The van der Waals surface area contributed by atoms with Crippen LogP contribution in [0.2, 0.25) is 0 Å². The van der Waals surface area contributed by atoms with Crippen LogP contribution in [0.3, 0.4) is 0 Å². The Bertz CT molecular complexity index is 138. The zero-order chi connectivity index (χ0) is 8.55. The summed E-state index contributed by atoms with van der Waals surface area (Å²) in [5, 5.41) is 18.2. The highest BCUT2D eigenvalue weighted by atomic mass is 16.5. The van der Waals surface area contributed by atoms with E-state index in [2.05, 4.69) is 0 Å². The molecule has 2 N–H and O–H groups in total. The van der Waals surface area contributed by atoms with Crippen LogP contribution in [0.25, 0.3) is 0 Å². The molecule has 2 heterocycles. The molecule has 0 aromatic rings. The molecule has 2 bridgehead atoms. The van der Waals surface area contributed by atoms with Gasteiger partial charge in [0.2, 0.25) is 0 Å². The van der Waals surface area contributed by atoms with E-state index in [1.807, 2.05) is 0 Å². The number of ether oxygens (including phenoxy) is 1. The van der Waals surface area contributed by atoms with Crippen molar-refractivity contribution in [2.45, 2.75) is 31.5 Å². The summed E-state index contributed by atoms with van der Waals surface area (Å²) >= 11 is 0. The molecule has 4 atom stereocenters. The second-order valence-electron chi connectivity index (χ2n) is 3.97. The van der Waals surface area contributed by atoms with E-state index in [4.69, 9.17) is 14.9 Å². The van der Waals surface area contributed by atoms with E-state index in [1.54, 1.807) is 0 Å². The molecule has 1 aliphatic carbocycles. The molecular weight excluding hydrogens is 156 g/mol. The normalized spacial score (nSPS) is 46.5. The SMILES string of the molecule is OCC1CC2CC(CC1CO)O2. The monoisotopic (exact) mass is 172 g/mol. The zero-order valence-electron chi connectivity index (χ0n) is 7.15. The van der Waals surface area contributed by atoms with E-state index in [1.165, 1.54) is 0 Å². The first-order valence-electron chi connectivity index (χ1n) is 4.70. The fourth-order valence-corrected chi connectivity index (χ4v) is 2.37. The van der Waals surface area contributed by atoms with Crippen molar-refractivity contribution in [1.29, 1.82) is 0 Å². The molecule has 3 heteroatoms. The summed E-state index contributed by atoms with van der Waals surface area (Å²) in [6.07, 6.45) is 3.72. The third-order valence-corrected chi connectivity index (χ3v) is 3.18. The molecule has 3 nitrogen and oxygen atoms in total. The first kappa shape index (κ1) is 8.48. The van der Waals surface area contributed by atoms with Gasteiger partial charge in [-0.05, 0) is 31.1 Å². The Morgan fingerprint density at radius 2 is 1.33 bits per heavy atom.